The number of allylic oxidation sites excluding steroid dienone is 1. The van der Waals surface area contributed by atoms with E-state index < -0.39 is 11.7 Å². The molecule has 10 nitrogen and oxygen atoms in total. The Balaban J connectivity index is 1.30. The molecule has 0 bridgehead atoms. The smallest absolute Gasteiger partial charge is 0.407 e. The number of hydrogen-bond donors (Lipinski definition) is 1. The van der Waals surface area contributed by atoms with Gasteiger partial charge in [0.15, 0.2) is 0 Å². The topological polar surface area (TPSA) is 116 Å². The number of nitrogens with zero attached hydrogens (tertiary/aromatic N) is 6. The molecule has 0 atom stereocenters. The average Bonchev–Trinajstić information content (AvgIpc) is 3.56. The standard InChI is InChI=1S/C32H40ClN7O3/c1-21-18-34-22(2)26(21)13-16-39-19-28(36-38-39)27-9-10-29(41)40(37-27)25-11-14-32(15-12-25,23-7-6-8-24(33)17-23)20-35-30(42)43-31(3,4)5/h6-10,17,19,25H,11-16,18,20H2,1-5H3,(H,35,42). The lowest BCUT2D eigenvalue weighted by Gasteiger charge is -2.41. The average molecular weight is 606 g/mol. The zero-order valence-corrected chi connectivity index (χ0v) is 26.3. The minimum Gasteiger partial charge on any atom is -0.444 e. The van der Waals surface area contributed by atoms with Crippen molar-refractivity contribution in [2.45, 2.75) is 90.3 Å². The van der Waals surface area contributed by atoms with Crippen LogP contribution in [0, 0.1) is 0 Å². The summed E-state index contributed by atoms with van der Waals surface area (Å²) in [6.45, 7) is 11.6. The highest BCUT2D eigenvalue weighted by molar-refractivity contribution is 6.30. The van der Waals surface area contributed by atoms with Crippen LogP contribution in [-0.2, 0) is 16.7 Å². The first-order valence-corrected chi connectivity index (χ1v) is 15.2. The lowest BCUT2D eigenvalue weighted by molar-refractivity contribution is 0.0504. The second kappa shape index (κ2) is 12.4. The molecule has 3 aromatic rings. The molecule has 11 heteroatoms. The first kappa shape index (κ1) is 30.7. The summed E-state index contributed by atoms with van der Waals surface area (Å²) in [7, 11) is 0. The Morgan fingerprint density at radius 1 is 1.14 bits per heavy atom. The van der Waals surface area contributed by atoms with Gasteiger partial charge in [-0.15, -0.1) is 5.10 Å². The molecule has 1 N–H and O–H groups in total. The van der Waals surface area contributed by atoms with E-state index in [4.69, 9.17) is 21.4 Å². The number of aryl methyl sites for hydroxylation is 1. The van der Waals surface area contributed by atoms with Crippen molar-refractivity contribution in [2.24, 2.45) is 4.99 Å². The zero-order chi connectivity index (χ0) is 30.8. The van der Waals surface area contributed by atoms with Gasteiger partial charge in [0.1, 0.15) is 17.0 Å². The van der Waals surface area contributed by atoms with Crippen LogP contribution in [0.4, 0.5) is 4.79 Å². The highest BCUT2D eigenvalue weighted by Crippen LogP contribution is 2.43. The highest BCUT2D eigenvalue weighted by atomic mass is 35.5. The second-order valence-electron chi connectivity index (χ2n) is 12.7. The van der Waals surface area contributed by atoms with Crippen molar-refractivity contribution in [1.82, 2.24) is 30.1 Å². The lowest BCUT2D eigenvalue weighted by Crippen LogP contribution is -2.45. The van der Waals surface area contributed by atoms with Crippen LogP contribution in [-0.4, -0.2) is 55.3 Å². The molecular formula is C32H40ClN7O3. The maximum absolute atomic E-state index is 13.0. The Hall–Kier alpha value is -3.79. The Kier molecular flexibility index (Phi) is 8.87. The molecule has 1 aromatic carbocycles. The number of ether oxygens (including phenoxy) is 1. The van der Waals surface area contributed by atoms with Gasteiger partial charge in [0.25, 0.3) is 5.56 Å². The van der Waals surface area contributed by atoms with E-state index in [9.17, 15) is 9.59 Å². The van der Waals surface area contributed by atoms with E-state index in [0.717, 1.165) is 37.1 Å². The molecule has 43 heavy (non-hydrogen) atoms. The van der Waals surface area contributed by atoms with Gasteiger partial charge in [0.2, 0.25) is 0 Å². The van der Waals surface area contributed by atoms with Crippen LogP contribution in [0.2, 0.25) is 5.02 Å². The molecular weight excluding hydrogens is 566 g/mol. The number of amides is 1. The summed E-state index contributed by atoms with van der Waals surface area (Å²) in [6.07, 6.45) is 5.16. The van der Waals surface area contributed by atoms with Gasteiger partial charge in [0, 0.05) is 35.3 Å². The number of halogens is 1. The van der Waals surface area contributed by atoms with Crippen LogP contribution in [0.5, 0.6) is 0 Å². The summed E-state index contributed by atoms with van der Waals surface area (Å²) in [4.78, 5) is 30.1. The number of nitrogens with one attached hydrogen (secondary N) is 1. The van der Waals surface area contributed by atoms with Gasteiger partial charge in [-0.25, -0.2) is 9.48 Å². The van der Waals surface area contributed by atoms with Gasteiger partial charge >= 0.3 is 6.09 Å². The van der Waals surface area contributed by atoms with Crippen LogP contribution in [0.1, 0.15) is 78.3 Å². The Morgan fingerprint density at radius 2 is 1.91 bits per heavy atom. The van der Waals surface area contributed by atoms with Gasteiger partial charge in [-0.1, -0.05) is 28.9 Å². The van der Waals surface area contributed by atoms with E-state index in [1.54, 1.807) is 16.8 Å². The fraction of sp³-hybridized carbons (Fsp3) is 0.500. The van der Waals surface area contributed by atoms with E-state index in [2.05, 4.69) is 33.6 Å². The molecule has 0 saturated heterocycles. The highest BCUT2D eigenvalue weighted by Gasteiger charge is 2.39. The van der Waals surface area contributed by atoms with Crippen LogP contribution in [0.3, 0.4) is 0 Å². The maximum Gasteiger partial charge on any atom is 0.407 e. The molecule has 228 valence electrons. The van der Waals surface area contributed by atoms with Crippen molar-refractivity contribution in [1.29, 1.82) is 0 Å². The number of rotatable bonds is 8. The molecule has 5 rings (SSSR count). The largest absolute Gasteiger partial charge is 0.444 e. The molecule has 1 saturated carbocycles. The van der Waals surface area contributed by atoms with E-state index in [-0.39, 0.29) is 17.0 Å². The third-order valence-corrected chi connectivity index (χ3v) is 8.62. The fourth-order valence-electron chi connectivity index (χ4n) is 6.05. The van der Waals surface area contributed by atoms with Crippen molar-refractivity contribution in [3.8, 4) is 11.4 Å². The van der Waals surface area contributed by atoms with Gasteiger partial charge < -0.3 is 10.1 Å². The molecule has 3 heterocycles. The van der Waals surface area contributed by atoms with E-state index in [1.807, 2.05) is 56.8 Å². The molecule has 0 spiro atoms. The number of carbonyl (C=O) groups excluding carboxylic acids is 1. The van der Waals surface area contributed by atoms with Gasteiger partial charge in [-0.05, 0) is 102 Å². The Bertz CT molecular complexity index is 1610. The monoisotopic (exact) mass is 605 g/mol. The summed E-state index contributed by atoms with van der Waals surface area (Å²) < 4.78 is 8.90. The van der Waals surface area contributed by atoms with E-state index >= 15 is 0 Å². The van der Waals surface area contributed by atoms with Crippen molar-refractivity contribution >= 4 is 23.4 Å². The lowest BCUT2D eigenvalue weighted by atomic mass is 9.68. The SMILES string of the molecule is CC1=NCC(C)=C1CCn1cc(-c2ccc(=O)n(C3CCC(CNC(=O)OC(C)(C)C)(c4cccc(Cl)c4)CC3)n2)nn1. The molecule has 1 fully saturated rings. The normalized spacial score (nSPS) is 20.7. The van der Waals surface area contributed by atoms with Gasteiger partial charge in [-0.3, -0.25) is 14.5 Å². The second-order valence-corrected chi connectivity index (χ2v) is 13.1. The quantitative estimate of drug-likeness (QED) is 0.341. The summed E-state index contributed by atoms with van der Waals surface area (Å²) in [6, 6.07) is 11.0. The minimum absolute atomic E-state index is 0.0872. The molecule has 1 amide bonds. The van der Waals surface area contributed by atoms with Crippen LogP contribution >= 0.6 is 11.6 Å². The minimum atomic E-state index is -0.589. The molecule has 1 aliphatic heterocycles. The van der Waals surface area contributed by atoms with Gasteiger partial charge in [0.05, 0.1) is 18.8 Å². The summed E-state index contributed by atoms with van der Waals surface area (Å²) in [5.74, 6) is 0. The Morgan fingerprint density at radius 3 is 2.58 bits per heavy atom. The van der Waals surface area contributed by atoms with E-state index in [1.165, 1.54) is 11.1 Å². The van der Waals surface area contributed by atoms with Crippen molar-refractivity contribution < 1.29 is 9.53 Å². The maximum atomic E-state index is 13.0. The number of benzene rings is 1. The van der Waals surface area contributed by atoms with Crippen LogP contribution in [0.25, 0.3) is 11.4 Å². The first-order chi connectivity index (χ1) is 20.4. The summed E-state index contributed by atoms with van der Waals surface area (Å²) >= 11 is 6.38. The summed E-state index contributed by atoms with van der Waals surface area (Å²) in [5.41, 5.74) is 4.90. The molecule has 1 aliphatic carbocycles. The van der Waals surface area contributed by atoms with Crippen molar-refractivity contribution in [3.05, 3.63) is 74.7 Å². The molecule has 0 radical (unpaired) electrons. The number of alkyl carbamates (subject to hydrolysis) is 1. The third-order valence-electron chi connectivity index (χ3n) is 8.39. The van der Waals surface area contributed by atoms with Crippen LogP contribution < -0.4 is 10.9 Å². The fourth-order valence-corrected chi connectivity index (χ4v) is 6.24. The van der Waals surface area contributed by atoms with Crippen molar-refractivity contribution in [3.63, 3.8) is 0 Å². The first-order valence-electron chi connectivity index (χ1n) is 14.9. The molecule has 0 unspecified atom stereocenters. The van der Waals surface area contributed by atoms with Crippen LogP contribution in [0.15, 0.2) is 63.5 Å². The predicted molar refractivity (Wildman–Crippen MR) is 168 cm³/mol. The molecule has 2 aromatic heterocycles. The Labute approximate surface area is 257 Å². The zero-order valence-electron chi connectivity index (χ0n) is 25.6. The van der Waals surface area contributed by atoms with Gasteiger partial charge in [-0.2, -0.15) is 5.10 Å². The summed E-state index contributed by atoms with van der Waals surface area (Å²) in [5, 5.41) is 17.0. The third kappa shape index (κ3) is 7.24. The van der Waals surface area contributed by atoms with Crippen molar-refractivity contribution in [2.75, 3.05) is 13.1 Å². The predicted octanol–water partition coefficient (Wildman–Crippen LogP) is 5.91. The molecule has 2 aliphatic rings. The number of hydrogen-bond acceptors (Lipinski definition) is 7. The number of aliphatic imine (C=N–C) groups is 1. The number of carbonyl (C=O) groups is 1. The van der Waals surface area contributed by atoms with E-state index in [0.29, 0.717) is 42.3 Å². The number of aromatic nitrogens is 5.